The number of hydrogen-bond acceptors (Lipinski definition) is 4. The summed E-state index contributed by atoms with van der Waals surface area (Å²) in [6.07, 6.45) is 0. The van der Waals surface area contributed by atoms with E-state index >= 15 is 0 Å². The molecule has 0 bridgehead atoms. The van der Waals surface area contributed by atoms with Gasteiger partial charge in [-0.1, -0.05) is 35.6 Å². The molecular weight excluding hydrogens is 294 g/mol. The van der Waals surface area contributed by atoms with E-state index in [9.17, 15) is 0 Å². The minimum absolute atomic E-state index is 0.805. The van der Waals surface area contributed by atoms with Gasteiger partial charge in [-0.05, 0) is 31.2 Å². The molecule has 4 nitrogen and oxygen atoms in total. The fourth-order valence-corrected chi connectivity index (χ4v) is 3.26. The molecule has 0 aliphatic heterocycles. The van der Waals surface area contributed by atoms with Gasteiger partial charge in [-0.15, -0.1) is 5.10 Å². The van der Waals surface area contributed by atoms with Crippen molar-refractivity contribution in [2.24, 2.45) is 17.3 Å². The molecule has 1 aromatic heterocycles. The Hall–Kier alpha value is -2.40. The van der Waals surface area contributed by atoms with Gasteiger partial charge in [0.1, 0.15) is 5.75 Å². The molecule has 5 heteroatoms. The topological polar surface area (TPSA) is 38.9 Å². The molecule has 0 atom stereocenters. The number of methoxy groups -OCH3 is 1. The van der Waals surface area contributed by atoms with Gasteiger partial charge < -0.3 is 9.30 Å². The highest BCUT2D eigenvalue weighted by Gasteiger charge is 2.05. The molecule has 3 rings (SSSR count). The number of benzene rings is 2. The Balaban J connectivity index is 2.05. The number of rotatable bonds is 3. The van der Waals surface area contributed by atoms with E-state index in [4.69, 9.17) is 4.74 Å². The lowest BCUT2D eigenvalue weighted by atomic mass is 10.1. The smallest absolute Gasteiger partial charge is 0.211 e. The molecule has 0 unspecified atom stereocenters. The van der Waals surface area contributed by atoms with Crippen LogP contribution in [0.5, 0.6) is 5.75 Å². The number of nitrogens with zero attached hydrogens (tertiary/aromatic N) is 3. The van der Waals surface area contributed by atoms with Crippen LogP contribution in [0.3, 0.4) is 0 Å². The zero-order valence-corrected chi connectivity index (χ0v) is 13.6. The van der Waals surface area contributed by atoms with Crippen LogP contribution in [-0.2, 0) is 7.05 Å². The number of para-hydroxylation sites is 2. The van der Waals surface area contributed by atoms with Crippen LogP contribution in [0.4, 0.5) is 0 Å². The Morgan fingerprint density at radius 2 is 1.82 bits per heavy atom. The maximum Gasteiger partial charge on any atom is 0.211 e. The molecule has 3 aromatic rings. The lowest BCUT2D eigenvalue weighted by Gasteiger charge is -2.05. The summed E-state index contributed by atoms with van der Waals surface area (Å²) in [6, 6.07) is 16.1. The predicted molar refractivity (Wildman–Crippen MR) is 91.6 cm³/mol. The molecule has 2 aromatic carbocycles. The molecule has 0 saturated heterocycles. The lowest BCUT2D eigenvalue weighted by Crippen LogP contribution is -2.09. The van der Waals surface area contributed by atoms with Gasteiger partial charge in [-0.2, -0.15) is 5.10 Å². The first-order valence-corrected chi connectivity index (χ1v) is 7.78. The maximum absolute atomic E-state index is 5.37. The van der Waals surface area contributed by atoms with Crippen LogP contribution in [0.2, 0.25) is 0 Å². The first-order chi connectivity index (χ1) is 10.7. The van der Waals surface area contributed by atoms with Crippen LogP contribution in [0.25, 0.3) is 10.2 Å². The number of ether oxygens (including phenoxy) is 1. The number of aryl methyl sites for hydroxylation is 1. The molecule has 0 aliphatic carbocycles. The lowest BCUT2D eigenvalue weighted by molar-refractivity contribution is 0.414. The minimum atomic E-state index is 0.805. The van der Waals surface area contributed by atoms with Crippen molar-refractivity contribution in [3.8, 4) is 5.75 Å². The summed E-state index contributed by atoms with van der Waals surface area (Å²) < 4.78 is 8.62. The second-order valence-corrected chi connectivity index (χ2v) is 5.91. The molecule has 22 heavy (non-hydrogen) atoms. The zero-order valence-electron chi connectivity index (χ0n) is 12.8. The summed E-state index contributed by atoms with van der Waals surface area (Å²) in [6.45, 7) is 1.94. The van der Waals surface area contributed by atoms with Crippen molar-refractivity contribution in [1.82, 2.24) is 4.57 Å². The van der Waals surface area contributed by atoms with Crippen molar-refractivity contribution >= 4 is 27.3 Å². The Labute approximate surface area is 133 Å². The normalized spacial score (nSPS) is 12.9. The van der Waals surface area contributed by atoms with E-state index in [-0.39, 0.29) is 0 Å². The largest absolute Gasteiger partial charge is 0.496 e. The minimum Gasteiger partial charge on any atom is -0.496 e. The Kier molecular flexibility index (Phi) is 4.06. The molecule has 0 N–H and O–H groups in total. The van der Waals surface area contributed by atoms with E-state index in [1.165, 1.54) is 4.70 Å². The molecule has 1 heterocycles. The van der Waals surface area contributed by atoms with Crippen molar-refractivity contribution in [2.45, 2.75) is 6.92 Å². The van der Waals surface area contributed by atoms with Crippen molar-refractivity contribution in [1.29, 1.82) is 0 Å². The summed E-state index contributed by atoms with van der Waals surface area (Å²) in [4.78, 5) is 0.871. The van der Waals surface area contributed by atoms with Gasteiger partial charge in [0.05, 0.1) is 23.0 Å². The maximum atomic E-state index is 5.37. The molecule has 0 saturated carbocycles. The molecule has 0 amide bonds. The third kappa shape index (κ3) is 2.67. The van der Waals surface area contributed by atoms with E-state index in [0.717, 1.165) is 27.3 Å². The second kappa shape index (κ2) is 6.15. The SMILES string of the molecule is COc1ccccc1/C(C)=N/N=c1\sc2ccccc2n1C. The van der Waals surface area contributed by atoms with Crippen molar-refractivity contribution < 1.29 is 4.74 Å². The van der Waals surface area contributed by atoms with E-state index in [0.29, 0.717) is 0 Å². The van der Waals surface area contributed by atoms with Gasteiger partial charge in [0.2, 0.25) is 4.80 Å². The first kappa shape index (κ1) is 14.5. The van der Waals surface area contributed by atoms with Gasteiger partial charge >= 0.3 is 0 Å². The van der Waals surface area contributed by atoms with Crippen LogP contribution < -0.4 is 9.54 Å². The van der Waals surface area contributed by atoms with Crippen molar-refractivity contribution in [3.05, 3.63) is 58.9 Å². The Morgan fingerprint density at radius 3 is 2.59 bits per heavy atom. The molecule has 0 spiro atoms. The van der Waals surface area contributed by atoms with Crippen LogP contribution in [0.1, 0.15) is 12.5 Å². The number of aromatic nitrogens is 1. The second-order valence-electron chi connectivity index (χ2n) is 4.90. The van der Waals surface area contributed by atoms with Gasteiger partial charge in [0.15, 0.2) is 0 Å². The molecule has 0 radical (unpaired) electrons. The monoisotopic (exact) mass is 311 g/mol. The Morgan fingerprint density at radius 1 is 1.09 bits per heavy atom. The highest BCUT2D eigenvalue weighted by Crippen LogP contribution is 2.18. The van der Waals surface area contributed by atoms with Gasteiger partial charge in [0.25, 0.3) is 0 Å². The molecular formula is C17H17N3OS. The van der Waals surface area contributed by atoms with E-state index in [2.05, 4.69) is 26.9 Å². The van der Waals surface area contributed by atoms with Gasteiger partial charge in [-0.3, -0.25) is 0 Å². The molecule has 112 valence electrons. The van der Waals surface area contributed by atoms with Crippen LogP contribution in [0, 0.1) is 0 Å². The fourth-order valence-electron chi connectivity index (χ4n) is 2.29. The summed E-state index contributed by atoms with van der Waals surface area (Å²) in [5.41, 5.74) is 2.95. The average Bonchev–Trinajstić information content (AvgIpc) is 2.89. The van der Waals surface area contributed by atoms with Crippen molar-refractivity contribution in [2.75, 3.05) is 7.11 Å². The predicted octanol–water partition coefficient (Wildman–Crippen LogP) is 3.57. The van der Waals surface area contributed by atoms with Crippen LogP contribution >= 0.6 is 11.3 Å². The number of hydrogen-bond donors (Lipinski definition) is 0. The third-order valence-corrected chi connectivity index (χ3v) is 4.60. The zero-order chi connectivity index (χ0) is 15.5. The quantitative estimate of drug-likeness (QED) is 0.538. The van der Waals surface area contributed by atoms with E-state index in [1.54, 1.807) is 18.4 Å². The van der Waals surface area contributed by atoms with Crippen molar-refractivity contribution in [3.63, 3.8) is 0 Å². The van der Waals surface area contributed by atoms with E-state index < -0.39 is 0 Å². The number of thiazole rings is 1. The summed E-state index contributed by atoms with van der Waals surface area (Å²) in [5, 5.41) is 8.79. The van der Waals surface area contributed by atoms with Crippen LogP contribution in [-0.4, -0.2) is 17.4 Å². The first-order valence-electron chi connectivity index (χ1n) is 6.97. The number of fused-ring (bicyclic) bond motifs is 1. The van der Waals surface area contributed by atoms with Crippen LogP contribution in [0.15, 0.2) is 58.7 Å². The third-order valence-electron chi connectivity index (χ3n) is 3.50. The Bertz CT molecular complexity index is 905. The summed E-state index contributed by atoms with van der Waals surface area (Å²) in [7, 11) is 3.67. The summed E-state index contributed by atoms with van der Waals surface area (Å²) >= 11 is 1.63. The van der Waals surface area contributed by atoms with Gasteiger partial charge in [0, 0.05) is 12.6 Å². The highest BCUT2D eigenvalue weighted by atomic mass is 32.1. The summed E-state index contributed by atoms with van der Waals surface area (Å²) in [5.74, 6) is 0.805. The van der Waals surface area contributed by atoms with Gasteiger partial charge in [-0.25, -0.2) is 0 Å². The average molecular weight is 311 g/mol. The fraction of sp³-hybridized carbons (Fsp3) is 0.176. The van der Waals surface area contributed by atoms with E-state index in [1.807, 2.05) is 50.4 Å². The molecule has 0 fully saturated rings. The highest BCUT2D eigenvalue weighted by molar-refractivity contribution is 7.16. The molecule has 0 aliphatic rings. The standard InChI is InChI=1S/C17H17N3OS/c1-12(13-8-4-6-10-15(13)21-3)18-19-17-20(2)14-9-5-7-11-16(14)22-17/h4-11H,1-3H3/b18-12+,19-17-.